The molecule has 0 amide bonds. The van der Waals surface area contributed by atoms with Crippen LogP contribution in [-0.4, -0.2) is 20.4 Å². The molecule has 0 unspecified atom stereocenters. The Labute approximate surface area is 154 Å². The van der Waals surface area contributed by atoms with Crippen molar-refractivity contribution in [2.75, 3.05) is 0 Å². The van der Waals surface area contributed by atoms with Crippen LogP contribution in [0.2, 0.25) is 0 Å². The molecule has 0 saturated carbocycles. The molecule has 0 saturated heterocycles. The van der Waals surface area contributed by atoms with Crippen LogP contribution in [0.25, 0.3) is 16.6 Å². The van der Waals surface area contributed by atoms with Crippen LogP contribution >= 0.6 is 22.6 Å². The molecule has 3 aromatic rings. The molecule has 0 atom stereocenters. The van der Waals surface area contributed by atoms with Gasteiger partial charge in [0.15, 0.2) is 0 Å². The third-order valence-electron chi connectivity index (χ3n) is 3.89. The first kappa shape index (κ1) is 16.7. The molecular formula is C19H18IN3O. The number of halogens is 1. The Morgan fingerprint density at radius 1 is 1.25 bits per heavy atom. The number of pyridine rings is 1. The van der Waals surface area contributed by atoms with Crippen LogP contribution in [0.5, 0.6) is 0 Å². The molecule has 3 rings (SSSR count). The van der Waals surface area contributed by atoms with Crippen LogP contribution in [0.1, 0.15) is 25.0 Å². The zero-order valence-corrected chi connectivity index (χ0v) is 15.7. The van der Waals surface area contributed by atoms with Gasteiger partial charge in [0.25, 0.3) is 0 Å². The number of aliphatic hydroxyl groups excluding tert-OH is 1. The number of fused-ring (bicyclic) bond motifs is 1. The SMILES string of the molecule is CC(=N)/C(=C(/C)O)c1cnc2c(I)cn(Cc3ccccc3)c2c1. The second-order valence-corrected chi connectivity index (χ2v) is 6.93. The average Bonchev–Trinajstić information content (AvgIpc) is 2.83. The summed E-state index contributed by atoms with van der Waals surface area (Å²) in [5, 5.41) is 17.8. The molecule has 2 N–H and O–H groups in total. The molecule has 0 radical (unpaired) electrons. The Morgan fingerprint density at radius 3 is 2.58 bits per heavy atom. The van der Waals surface area contributed by atoms with Crippen LogP contribution in [0.3, 0.4) is 0 Å². The van der Waals surface area contributed by atoms with Crippen LogP contribution < -0.4 is 0 Å². The van der Waals surface area contributed by atoms with Crippen LogP contribution in [0, 0.1) is 8.98 Å². The fourth-order valence-electron chi connectivity index (χ4n) is 2.87. The summed E-state index contributed by atoms with van der Waals surface area (Å²) in [6.07, 6.45) is 3.81. The molecule has 0 bridgehead atoms. The van der Waals surface area contributed by atoms with E-state index in [0.29, 0.717) is 11.3 Å². The van der Waals surface area contributed by atoms with E-state index in [2.05, 4.69) is 50.5 Å². The minimum atomic E-state index is 0.138. The van der Waals surface area contributed by atoms with Crippen LogP contribution in [0.4, 0.5) is 0 Å². The molecule has 0 aliphatic rings. The van der Waals surface area contributed by atoms with E-state index in [9.17, 15) is 5.11 Å². The summed E-state index contributed by atoms with van der Waals surface area (Å²) in [6.45, 7) is 4.03. The fraction of sp³-hybridized carbons (Fsp3) is 0.158. The van der Waals surface area contributed by atoms with Gasteiger partial charge < -0.3 is 15.1 Å². The van der Waals surface area contributed by atoms with Gasteiger partial charge in [0.1, 0.15) is 5.52 Å². The third kappa shape index (κ3) is 3.21. The highest BCUT2D eigenvalue weighted by Crippen LogP contribution is 2.27. The molecule has 5 heteroatoms. The molecule has 24 heavy (non-hydrogen) atoms. The smallest absolute Gasteiger partial charge is 0.101 e. The van der Waals surface area contributed by atoms with Gasteiger partial charge in [0.2, 0.25) is 0 Å². The van der Waals surface area contributed by atoms with Crippen molar-refractivity contribution >= 4 is 44.9 Å². The molecule has 0 aliphatic carbocycles. The lowest BCUT2D eigenvalue weighted by Gasteiger charge is -2.09. The maximum absolute atomic E-state index is 9.92. The van der Waals surface area contributed by atoms with E-state index < -0.39 is 0 Å². The largest absolute Gasteiger partial charge is 0.512 e. The fourth-order valence-corrected chi connectivity index (χ4v) is 3.62. The number of allylic oxidation sites excluding steroid dienone is 2. The van der Waals surface area contributed by atoms with E-state index in [1.807, 2.05) is 24.3 Å². The molecule has 0 spiro atoms. The van der Waals surface area contributed by atoms with Crippen molar-refractivity contribution in [3.8, 4) is 0 Å². The Balaban J connectivity index is 2.13. The monoisotopic (exact) mass is 431 g/mol. The van der Waals surface area contributed by atoms with Crippen molar-refractivity contribution in [2.45, 2.75) is 20.4 Å². The van der Waals surface area contributed by atoms with E-state index >= 15 is 0 Å². The van der Waals surface area contributed by atoms with E-state index in [4.69, 9.17) is 5.41 Å². The number of aliphatic hydroxyl groups is 1. The number of hydrogen-bond acceptors (Lipinski definition) is 3. The lowest BCUT2D eigenvalue weighted by atomic mass is 10.0. The van der Waals surface area contributed by atoms with E-state index in [0.717, 1.165) is 26.7 Å². The first-order chi connectivity index (χ1) is 11.5. The van der Waals surface area contributed by atoms with Crippen molar-refractivity contribution in [1.82, 2.24) is 9.55 Å². The van der Waals surface area contributed by atoms with Crippen LogP contribution in [-0.2, 0) is 6.54 Å². The van der Waals surface area contributed by atoms with Gasteiger partial charge in [-0.15, -0.1) is 0 Å². The zero-order chi connectivity index (χ0) is 17.3. The Hall–Kier alpha value is -2.15. The zero-order valence-electron chi connectivity index (χ0n) is 13.5. The summed E-state index contributed by atoms with van der Waals surface area (Å²) in [5.74, 6) is 0.138. The summed E-state index contributed by atoms with van der Waals surface area (Å²) in [6, 6.07) is 12.3. The number of nitrogens with one attached hydrogen (secondary N) is 1. The quantitative estimate of drug-likeness (QED) is 0.346. The molecule has 0 aliphatic heterocycles. The van der Waals surface area contributed by atoms with Gasteiger partial charge in [-0.1, -0.05) is 30.3 Å². The number of nitrogens with zero attached hydrogens (tertiary/aromatic N) is 2. The van der Waals surface area contributed by atoms with Crippen molar-refractivity contribution in [3.63, 3.8) is 0 Å². The maximum atomic E-state index is 9.92. The number of rotatable bonds is 4. The Morgan fingerprint density at radius 2 is 1.96 bits per heavy atom. The summed E-state index contributed by atoms with van der Waals surface area (Å²) < 4.78 is 3.25. The minimum absolute atomic E-state index is 0.138. The van der Waals surface area contributed by atoms with Gasteiger partial charge in [-0.05, 0) is 48.1 Å². The van der Waals surface area contributed by atoms with Gasteiger partial charge in [0, 0.05) is 35.8 Å². The molecule has 4 nitrogen and oxygen atoms in total. The first-order valence-corrected chi connectivity index (χ1v) is 8.69. The lowest BCUT2D eigenvalue weighted by molar-refractivity contribution is 0.418. The second kappa shape index (κ2) is 6.76. The summed E-state index contributed by atoms with van der Waals surface area (Å²) >= 11 is 2.29. The molecule has 2 heterocycles. The standard InChI is InChI=1S/C19H18IN3O/c1-12(21)18(13(2)24)15-8-17-19(22-9-15)16(20)11-23(17)10-14-6-4-3-5-7-14/h3-9,11,21,24H,10H2,1-2H3/b18-13+,21-12?. The molecule has 1 aromatic carbocycles. The van der Waals surface area contributed by atoms with E-state index in [-0.39, 0.29) is 5.76 Å². The predicted molar refractivity (Wildman–Crippen MR) is 107 cm³/mol. The molecule has 0 fully saturated rings. The summed E-state index contributed by atoms with van der Waals surface area (Å²) in [4.78, 5) is 4.56. The Kier molecular flexibility index (Phi) is 4.71. The van der Waals surface area contributed by atoms with E-state index in [1.165, 1.54) is 5.56 Å². The Bertz CT molecular complexity index is 938. The highest BCUT2D eigenvalue weighted by molar-refractivity contribution is 14.1. The lowest BCUT2D eigenvalue weighted by Crippen LogP contribution is -2.01. The highest BCUT2D eigenvalue weighted by Gasteiger charge is 2.14. The van der Waals surface area contributed by atoms with Gasteiger partial charge in [0.05, 0.1) is 14.8 Å². The molecular weight excluding hydrogens is 413 g/mol. The van der Waals surface area contributed by atoms with Crippen molar-refractivity contribution in [1.29, 1.82) is 5.41 Å². The normalized spacial score (nSPS) is 12.3. The predicted octanol–water partition coefficient (Wildman–Crippen LogP) is 5.02. The highest BCUT2D eigenvalue weighted by atomic mass is 127. The van der Waals surface area contributed by atoms with Crippen molar-refractivity contribution < 1.29 is 5.11 Å². The van der Waals surface area contributed by atoms with Gasteiger partial charge in [-0.2, -0.15) is 0 Å². The van der Waals surface area contributed by atoms with Gasteiger partial charge in [-0.3, -0.25) is 4.98 Å². The van der Waals surface area contributed by atoms with Crippen LogP contribution in [0.15, 0.2) is 54.6 Å². The maximum Gasteiger partial charge on any atom is 0.101 e. The summed E-state index contributed by atoms with van der Waals surface area (Å²) in [7, 11) is 0. The number of benzene rings is 1. The van der Waals surface area contributed by atoms with Gasteiger partial charge in [-0.25, -0.2) is 0 Å². The minimum Gasteiger partial charge on any atom is -0.512 e. The average molecular weight is 431 g/mol. The number of aromatic nitrogens is 2. The third-order valence-corrected chi connectivity index (χ3v) is 4.68. The number of hydrogen-bond donors (Lipinski definition) is 2. The van der Waals surface area contributed by atoms with Crippen molar-refractivity contribution in [3.05, 3.63) is 69.2 Å². The van der Waals surface area contributed by atoms with E-state index in [1.54, 1.807) is 20.0 Å². The van der Waals surface area contributed by atoms with Crippen molar-refractivity contribution in [2.24, 2.45) is 0 Å². The topological polar surface area (TPSA) is 61.9 Å². The molecule has 2 aromatic heterocycles. The second-order valence-electron chi connectivity index (χ2n) is 5.77. The first-order valence-electron chi connectivity index (χ1n) is 7.61. The molecule has 122 valence electrons. The van der Waals surface area contributed by atoms with Gasteiger partial charge >= 0.3 is 0 Å². The summed E-state index contributed by atoms with van der Waals surface area (Å²) in [5.41, 5.74) is 4.78.